The van der Waals surface area contributed by atoms with Crippen LogP contribution in [0.25, 0.3) is 0 Å². The summed E-state index contributed by atoms with van der Waals surface area (Å²) >= 11 is 0. The molecule has 0 aliphatic heterocycles. The van der Waals surface area contributed by atoms with Gasteiger partial charge in [-0.1, -0.05) is 36.4 Å². The zero-order valence-corrected chi connectivity index (χ0v) is 14.3. The second kappa shape index (κ2) is 7.83. The Morgan fingerprint density at radius 2 is 1.76 bits per heavy atom. The zero-order valence-electron chi connectivity index (χ0n) is 14.3. The Labute approximate surface area is 147 Å². The number of hydrogen-bond donors (Lipinski definition) is 3. The predicted molar refractivity (Wildman–Crippen MR) is 97.7 cm³/mol. The van der Waals surface area contributed by atoms with E-state index in [9.17, 15) is 9.59 Å². The number of urea groups is 1. The first-order valence-electron chi connectivity index (χ1n) is 8.58. The van der Waals surface area contributed by atoms with E-state index >= 15 is 0 Å². The molecule has 130 valence electrons. The monoisotopic (exact) mass is 337 g/mol. The summed E-state index contributed by atoms with van der Waals surface area (Å²) in [5.41, 5.74) is 4.29. The third-order valence-corrected chi connectivity index (χ3v) is 4.50. The highest BCUT2D eigenvalue weighted by Crippen LogP contribution is 2.21. The molecule has 0 unspecified atom stereocenters. The smallest absolute Gasteiger partial charge is 0.315 e. The Balaban J connectivity index is 1.44. The Bertz CT molecular complexity index is 748. The van der Waals surface area contributed by atoms with Crippen molar-refractivity contribution < 1.29 is 9.59 Å². The molecule has 0 radical (unpaired) electrons. The van der Waals surface area contributed by atoms with Gasteiger partial charge in [-0.15, -0.1) is 0 Å². The highest BCUT2D eigenvalue weighted by atomic mass is 16.2. The second-order valence-electron chi connectivity index (χ2n) is 6.30. The van der Waals surface area contributed by atoms with Crippen molar-refractivity contribution >= 4 is 11.9 Å². The van der Waals surface area contributed by atoms with Crippen LogP contribution in [0, 0.1) is 0 Å². The molecular formula is C20H23N3O2. The van der Waals surface area contributed by atoms with Crippen molar-refractivity contribution in [3.8, 4) is 0 Å². The van der Waals surface area contributed by atoms with Crippen molar-refractivity contribution in [2.75, 3.05) is 13.6 Å². The maximum atomic E-state index is 12.1. The fraction of sp³-hybridized carbons (Fsp3) is 0.300. The summed E-state index contributed by atoms with van der Waals surface area (Å²) in [6, 6.07) is 15.8. The summed E-state index contributed by atoms with van der Waals surface area (Å²) in [7, 11) is 1.61. The average molecular weight is 337 g/mol. The van der Waals surface area contributed by atoms with Crippen LogP contribution in [0.2, 0.25) is 0 Å². The molecule has 2 aromatic rings. The molecule has 3 rings (SSSR count). The lowest BCUT2D eigenvalue weighted by atomic mass is 10.1. The molecule has 0 fully saturated rings. The SMILES string of the molecule is CNC(=O)c1cccc(CCNC(=O)NC2Cc3ccccc3C2)c1. The fourth-order valence-electron chi connectivity index (χ4n) is 3.23. The molecule has 3 amide bonds. The van der Waals surface area contributed by atoms with E-state index in [0.717, 1.165) is 18.4 Å². The van der Waals surface area contributed by atoms with Crippen LogP contribution in [0.15, 0.2) is 48.5 Å². The molecule has 25 heavy (non-hydrogen) atoms. The molecule has 2 aromatic carbocycles. The number of carbonyl (C=O) groups excluding carboxylic acids is 2. The van der Waals surface area contributed by atoms with E-state index in [2.05, 4.69) is 28.1 Å². The Morgan fingerprint density at radius 3 is 2.44 bits per heavy atom. The molecule has 0 atom stereocenters. The Hall–Kier alpha value is -2.82. The molecule has 0 saturated carbocycles. The first-order valence-corrected chi connectivity index (χ1v) is 8.58. The lowest BCUT2D eigenvalue weighted by molar-refractivity contribution is 0.0963. The third kappa shape index (κ3) is 4.38. The Kier molecular flexibility index (Phi) is 5.33. The number of hydrogen-bond acceptors (Lipinski definition) is 2. The number of nitrogens with one attached hydrogen (secondary N) is 3. The van der Waals surface area contributed by atoms with Gasteiger partial charge < -0.3 is 16.0 Å². The third-order valence-electron chi connectivity index (χ3n) is 4.50. The maximum Gasteiger partial charge on any atom is 0.315 e. The average Bonchev–Trinajstić information content (AvgIpc) is 3.03. The van der Waals surface area contributed by atoms with Crippen LogP contribution < -0.4 is 16.0 Å². The van der Waals surface area contributed by atoms with Gasteiger partial charge in [0.1, 0.15) is 0 Å². The van der Waals surface area contributed by atoms with Gasteiger partial charge in [-0.25, -0.2) is 4.79 Å². The van der Waals surface area contributed by atoms with Gasteiger partial charge in [0.25, 0.3) is 5.91 Å². The number of fused-ring (bicyclic) bond motifs is 1. The van der Waals surface area contributed by atoms with Gasteiger partial charge in [-0.3, -0.25) is 4.79 Å². The maximum absolute atomic E-state index is 12.1. The van der Waals surface area contributed by atoms with Crippen LogP contribution in [-0.2, 0) is 19.3 Å². The Morgan fingerprint density at radius 1 is 1.04 bits per heavy atom. The molecule has 1 aliphatic rings. The van der Waals surface area contributed by atoms with Crippen LogP contribution in [0.5, 0.6) is 0 Å². The standard InChI is InChI=1S/C20H23N3O2/c1-21-19(24)17-8-4-5-14(11-17)9-10-22-20(25)23-18-12-15-6-2-3-7-16(15)13-18/h2-8,11,18H,9-10,12-13H2,1H3,(H,21,24)(H2,22,23,25). The van der Waals surface area contributed by atoms with E-state index in [1.165, 1.54) is 11.1 Å². The van der Waals surface area contributed by atoms with E-state index in [1.807, 2.05) is 30.3 Å². The summed E-state index contributed by atoms with van der Waals surface area (Å²) in [5, 5.41) is 8.55. The number of benzene rings is 2. The van der Waals surface area contributed by atoms with Crippen LogP contribution in [0.4, 0.5) is 4.79 Å². The fourth-order valence-corrected chi connectivity index (χ4v) is 3.23. The van der Waals surface area contributed by atoms with Crippen molar-refractivity contribution in [2.45, 2.75) is 25.3 Å². The second-order valence-corrected chi connectivity index (χ2v) is 6.30. The van der Waals surface area contributed by atoms with E-state index in [1.54, 1.807) is 13.1 Å². The zero-order chi connectivity index (χ0) is 17.6. The van der Waals surface area contributed by atoms with Gasteiger partial charge in [-0.05, 0) is 48.1 Å². The number of rotatable bonds is 5. The first kappa shape index (κ1) is 17.0. The van der Waals surface area contributed by atoms with Gasteiger partial charge >= 0.3 is 6.03 Å². The molecule has 0 bridgehead atoms. The summed E-state index contributed by atoms with van der Waals surface area (Å²) in [4.78, 5) is 23.7. The normalized spacial score (nSPS) is 13.2. The van der Waals surface area contributed by atoms with Crippen molar-refractivity contribution in [1.29, 1.82) is 0 Å². The van der Waals surface area contributed by atoms with E-state index < -0.39 is 0 Å². The van der Waals surface area contributed by atoms with Gasteiger partial charge in [0.15, 0.2) is 0 Å². The summed E-state index contributed by atoms with van der Waals surface area (Å²) in [5.74, 6) is -0.103. The van der Waals surface area contributed by atoms with Crippen LogP contribution >= 0.6 is 0 Å². The highest BCUT2D eigenvalue weighted by Gasteiger charge is 2.22. The lowest BCUT2D eigenvalue weighted by Gasteiger charge is -2.13. The molecule has 1 aliphatic carbocycles. The van der Waals surface area contributed by atoms with E-state index in [4.69, 9.17) is 0 Å². The van der Waals surface area contributed by atoms with Gasteiger partial charge in [0.05, 0.1) is 0 Å². The molecule has 0 heterocycles. The molecule has 0 saturated heterocycles. The molecule has 0 aromatic heterocycles. The van der Waals surface area contributed by atoms with Crippen LogP contribution in [-0.4, -0.2) is 31.6 Å². The van der Waals surface area contributed by atoms with Crippen molar-refractivity contribution in [3.63, 3.8) is 0 Å². The van der Waals surface area contributed by atoms with E-state index in [0.29, 0.717) is 18.5 Å². The van der Waals surface area contributed by atoms with Crippen molar-refractivity contribution in [1.82, 2.24) is 16.0 Å². The number of amides is 3. The van der Waals surface area contributed by atoms with E-state index in [-0.39, 0.29) is 18.0 Å². The van der Waals surface area contributed by atoms with Crippen molar-refractivity contribution in [3.05, 3.63) is 70.8 Å². The molecular weight excluding hydrogens is 314 g/mol. The molecule has 5 heteroatoms. The summed E-state index contributed by atoms with van der Waals surface area (Å²) in [6.07, 6.45) is 2.46. The van der Waals surface area contributed by atoms with Crippen LogP contribution in [0.3, 0.4) is 0 Å². The highest BCUT2D eigenvalue weighted by molar-refractivity contribution is 5.94. The quantitative estimate of drug-likeness (QED) is 0.781. The number of carbonyl (C=O) groups is 2. The lowest BCUT2D eigenvalue weighted by Crippen LogP contribution is -2.43. The predicted octanol–water partition coefficient (Wildman–Crippen LogP) is 2.06. The molecule has 3 N–H and O–H groups in total. The van der Waals surface area contributed by atoms with Gasteiger partial charge in [0.2, 0.25) is 0 Å². The summed E-state index contributed by atoms with van der Waals surface area (Å²) in [6.45, 7) is 0.530. The van der Waals surface area contributed by atoms with Crippen LogP contribution in [0.1, 0.15) is 27.0 Å². The minimum Gasteiger partial charge on any atom is -0.355 e. The minimum atomic E-state index is -0.139. The topological polar surface area (TPSA) is 70.2 Å². The largest absolute Gasteiger partial charge is 0.355 e. The van der Waals surface area contributed by atoms with Gasteiger partial charge in [-0.2, -0.15) is 0 Å². The van der Waals surface area contributed by atoms with Crippen molar-refractivity contribution in [2.24, 2.45) is 0 Å². The molecule has 0 spiro atoms. The summed E-state index contributed by atoms with van der Waals surface area (Å²) < 4.78 is 0. The first-order chi connectivity index (χ1) is 12.2. The minimum absolute atomic E-state index is 0.103. The molecule has 5 nitrogen and oxygen atoms in total. The van der Waals surface area contributed by atoms with Gasteiger partial charge in [0, 0.05) is 25.2 Å².